The molecule has 2 amide bonds. The van der Waals surface area contributed by atoms with Gasteiger partial charge in [0.25, 0.3) is 0 Å². The van der Waals surface area contributed by atoms with Crippen LogP contribution in [0.1, 0.15) is 25.7 Å². The molecule has 0 bridgehead atoms. The highest BCUT2D eigenvalue weighted by Crippen LogP contribution is 2.35. The predicted octanol–water partition coefficient (Wildman–Crippen LogP) is 5.07. The second kappa shape index (κ2) is 10.4. The lowest BCUT2D eigenvalue weighted by Gasteiger charge is -2.40. The van der Waals surface area contributed by atoms with Crippen LogP contribution < -0.4 is 20.3 Å². The maximum atomic E-state index is 13.1. The predicted molar refractivity (Wildman–Crippen MR) is 134 cm³/mol. The highest BCUT2D eigenvalue weighted by atomic mass is 79.9. The highest BCUT2D eigenvalue weighted by molar-refractivity contribution is 9.11. The molecule has 0 atom stereocenters. The number of rotatable bonds is 5. The quantitative estimate of drug-likeness (QED) is 0.538. The Morgan fingerprint density at radius 3 is 2.73 bits per heavy atom. The summed E-state index contributed by atoms with van der Waals surface area (Å²) in [5, 5.41) is 6.59. The summed E-state index contributed by atoms with van der Waals surface area (Å²) in [6.45, 7) is 1.85. The Hall–Kier alpha value is -2.14. The first-order valence-corrected chi connectivity index (χ1v) is 12.6. The molecule has 33 heavy (non-hydrogen) atoms. The van der Waals surface area contributed by atoms with Crippen molar-refractivity contribution in [1.29, 1.82) is 0 Å². The third-order valence-corrected chi connectivity index (χ3v) is 7.52. The van der Waals surface area contributed by atoms with E-state index >= 15 is 0 Å². The second-order valence-electron chi connectivity index (χ2n) is 7.78. The van der Waals surface area contributed by atoms with E-state index in [1.807, 2.05) is 11.0 Å². The van der Waals surface area contributed by atoms with E-state index in [2.05, 4.69) is 31.6 Å². The summed E-state index contributed by atoms with van der Waals surface area (Å²) in [6.07, 6.45) is 1.98. The average molecular weight is 556 g/mol. The molecule has 11 heteroatoms. The molecule has 176 valence electrons. The molecular weight excluding hydrogens is 532 g/mol. The third-order valence-electron chi connectivity index (χ3n) is 5.72. The van der Waals surface area contributed by atoms with Crippen LogP contribution in [-0.2, 0) is 9.53 Å². The maximum absolute atomic E-state index is 13.1. The summed E-state index contributed by atoms with van der Waals surface area (Å²) in [5.41, 5.74) is 0.363. The Labute approximate surface area is 209 Å². The molecule has 0 radical (unpaired) electrons. The molecule has 1 aliphatic heterocycles. The molecule has 0 unspecified atom stereocenters. The van der Waals surface area contributed by atoms with Gasteiger partial charge in [0.05, 0.1) is 27.7 Å². The minimum absolute atomic E-state index is 0.291. The summed E-state index contributed by atoms with van der Waals surface area (Å²) in [6, 6.07) is 8.85. The van der Waals surface area contributed by atoms with Crippen molar-refractivity contribution in [3.63, 3.8) is 0 Å². The second-order valence-corrected chi connectivity index (χ2v) is 10.6. The molecule has 8 nitrogen and oxygen atoms in total. The van der Waals surface area contributed by atoms with Crippen molar-refractivity contribution in [1.82, 2.24) is 5.32 Å². The number of carbonyl (C=O) groups is 2. The zero-order chi connectivity index (χ0) is 23.4. The molecule has 1 aromatic heterocycles. The molecule has 2 aromatic rings. The summed E-state index contributed by atoms with van der Waals surface area (Å²) in [5.74, 6) is 0.612. The summed E-state index contributed by atoms with van der Waals surface area (Å²) in [4.78, 5) is 31.9. The zero-order valence-electron chi connectivity index (χ0n) is 18.0. The topological polar surface area (TPSA) is 92.3 Å². The number of halogens is 2. The van der Waals surface area contributed by atoms with Crippen LogP contribution in [0.15, 0.2) is 39.1 Å². The Bertz CT molecular complexity index is 1070. The first kappa shape index (κ1) is 24.0. The lowest BCUT2D eigenvalue weighted by atomic mass is 9.76. The number of nitrogens with zero attached hydrogens (tertiary/aromatic N) is 2. The lowest BCUT2D eigenvalue weighted by molar-refractivity contribution is -0.125. The van der Waals surface area contributed by atoms with E-state index in [1.54, 1.807) is 31.3 Å². The van der Waals surface area contributed by atoms with Crippen LogP contribution in [0.25, 0.3) is 0 Å². The fourth-order valence-corrected chi connectivity index (χ4v) is 5.31. The largest absolute Gasteiger partial charge is 0.414 e. The minimum atomic E-state index is -0.999. The number of ether oxygens (including phenoxy) is 2. The summed E-state index contributed by atoms with van der Waals surface area (Å²) in [7, 11) is 1.75. The van der Waals surface area contributed by atoms with Crippen LogP contribution in [-0.4, -0.2) is 50.2 Å². The molecular formula is C22H24BrClN4O4S. The normalized spacial score (nSPS) is 18.9. The first-order chi connectivity index (χ1) is 15.9. The van der Waals surface area contributed by atoms with Gasteiger partial charge in [-0.2, -0.15) is 0 Å². The van der Waals surface area contributed by atoms with Crippen molar-refractivity contribution >= 4 is 68.1 Å². The van der Waals surface area contributed by atoms with E-state index in [0.717, 1.165) is 21.7 Å². The number of hydrogen-bond donors (Lipinski definition) is 2. The molecule has 1 aromatic carbocycles. The Morgan fingerprint density at radius 1 is 1.27 bits per heavy atom. The van der Waals surface area contributed by atoms with Gasteiger partial charge < -0.3 is 25.0 Å². The van der Waals surface area contributed by atoms with Gasteiger partial charge in [-0.25, -0.2) is 4.79 Å². The standard InChI is InChI=1S/C22H24BrClN4O4S/c1-25-18-7-11-31-12-10-28(18)16-4-3-14(13-15(16)24)26-20(29)22(8-2-9-22)27-21(30)32-19-6-5-17(23)33-19/h3-6,13H,2,7-12H2,1H3,(H,26,29)(H,27,30). The van der Waals surface area contributed by atoms with Gasteiger partial charge >= 0.3 is 6.09 Å². The number of aliphatic imine (C=N–C) groups is 1. The van der Waals surface area contributed by atoms with Crippen molar-refractivity contribution in [3.05, 3.63) is 39.1 Å². The smallest absolute Gasteiger partial charge is 0.399 e. The number of hydrogen-bond acceptors (Lipinski definition) is 6. The average Bonchev–Trinajstić information content (AvgIpc) is 3.01. The van der Waals surface area contributed by atoms with Gasteiger partial charge in [0.1, 0.15) is 11.4 Å². The molecule has 0 spiro atoms. The monoisotopic (exact) mass is 554 g/mol. The number of carbonyl (C=O) groups excluding carboxylic acids is 2. The third kappa shape index (κ3) is 5.51. The number of thiophene rings is 1. The number of amidine groups is 1. The van der Waals surface area contributed by atoms with E-state index in [-0.39, 0.29) is 5.91 Å². The minimum Gasteiger partial charge on any atom is -0.399 e. The SMILES string of the molecule is CN=C1CCOCCN1c1ccc(NC(=O)C2(NC(=O)Oc3ccc(Br)s3)CCC2)cc1Cl. The summed E-state index contributed by atoms with van der Waals surface area (Å²) < 4.78 is 11.7. The van der Waals surface area contributed by atoms with Crippen molar-refractivity contribution in [2.75, 3.05) is 37.0 Å². The van der Waals surface area contributed by atoms with Gasteiger partial charge in [0.15, 0.2) is 5.06 Å². The molecule has 1 saturated carbocycles. The summed E-state index contributed by atoms with van der Waals surface area (Å²) >= 11 is 11.2. The van der Waals surface area contributed by atoms with Gasteiger partial charge in [0, 0.05) is 25.7 Å². The molecule has 1 saturated heterocycles. The van der Waals surface area contributed by atoms with Crippen LogP contribution in [0.2, 0.25) is 5.02 Å². The van der Waals surface area contributed by atoms with Crippen molar-refractivity contribution in [3.8, 4) is 5.06 Å². The van der Waals surface area contributed by atoms with Gasteiger partial charge in [-0.05, 0) is 65.5 Å². The lowest BCUT2D eigenvalue weighted by Crippen LogP contribution is -2.61. The van der Waals surface area contributed by atoms with Gasteiger partial charge in [-0.1, -0.05) is 22.9 Å². The fraction of sp³-hybridized carbons (Fsp3) is 0.409. The van der Waals surface area contributed by atoms with Crippen LogP contribution in [0, 0.1) is 0 Å². The number of anilines is 2. The van der Waals surface area contributed by atoms with E-state index in [0.29, 0.717) is 54.8 Å². The number of amides is 2. The Balaban J connectivity index is 1.43. The molecule has 1 aliphatic carbocycles. The molecule has 2 N–H and O–H groups in total. The number of benzene rings is 1. The number of nitrogens with one attached hydrogen (secondary N) is 2. The Kier molecular flexibility index (Phi) is 7.58. The molecule has 2 fully saturated rings. The van der Waals surface area contributed by atoms with E-state index in [1.165, 1.54) is 11.3 Å². The maximum Gasteiger partial charge on any atom is 0.414 e. The molecule has 2 aliphatic rings. The van der Waals surface area contributed by atoms with Crippen molar-refractivity contribution in [2.24, 2.45) is 4.99 Å². The van der Waals surface area contributed by atoms with Crippen molar-refractivity contribution in [2.45, 2.75) is 31.2 Å². The molecule has 4 rings (SSSR count). The van der Waals surface area contributed by atoms with Crippen LogP contribution in [0.3, 0.4) is 0 Å². The van der Waals surface area contributed by atoms with Crippen LogP contribution in [0.5, 0.6) is 5.06 Å². The van der Waals surface area contributed by atoms with Crippen LogP contribution in [0.4, 0.5) is 16.2 Å². The van der Waals surface area contributed by atoms with Gasteiger partial charge in [-0.15, -0.1) is 0 Å². The zero-order valence-corrected chi connectivity index (χ0v) is 21.2. The first-order valence-electron chi connectivity index (χ1n) is 10.6. The van der Waals surface area contributed by atoms with Gasteiger partial charge in [-0.3, -0.25) is 9.79 Å². The highest BCUT2D eigenvalue weighted by Gasteiger charge is 2.46. The molecule has 2 heterocycles. The van der Waals surface area contributed by atoms with E-state index in [4.69, 9.17) is 21.1 Å². The van der Waals surface area contributed by atoms with Gasteiger partial charge in [0.2, 0.25) is 5.91 Å². The van der Waals surface area contributed by atoms with E-state index in [9.17, 15) is 9.59 Å². The fourth-order valence-electron chi connectivity index (χ4n) is 3.84. The Morgan fingerprint density at radius 2 is 2.09 bits per heavy atom. The van der Waals surface area contributed by atoms with Crippen LogP contribution >= 0.6 is 38.9 Å². The van der Waals surface area contributed by atoms with E-state index < -0.39 is 11.6 Å². The van der Waals surface area contributed by atoms with Crippen molar-refractivity contribution < 1.29 is 19.1 Å².